The first kappa shape index (κ1) is 14.5. The van der Waals surface area contributed by atoms with Crippen LogP contribution in [0, 0.1) is 0 Å². The molecular weight excluding hydrogens is 336 g/mol. The van der Waals surface area contributed by atoms with Crippen molar-refractivity contribution >= 4 is 15.9 Å². The maximum absolute atomic E-state index is 5.03. The summed E-state index contributed by atoms with van der Waals surface area (Å²) in [5.41, 5.74) is 5.71. The molecule has 3 heteroatoms. The van der Waals surface area contributed by atoms with Crippen molar-refractivity contribution in [3.63, 3.8) is 0 Å². The van der Waals surface area contributed by atoms with E-state index in [9.17, 15) is 0 Å². The molecule has 0 bridgehead atoms. The van der Waals surface area contributed by atoms with E-state index in [4.69, 9.17) is 5.10 Å². The summed E-state index contributed by atoms with van der Waals surface area (Å²) in [4.78, 5) is 0. The number of hydrogen-bond donors (Lipinski definition) is 0. The van der Waals surface area contributed by atoms with Gasteiger partial charge in [-0.15, -0.1) is 0 Å². The Kier molecular flexibility index (Phi) is 4.08. The minimum Gasteiger partial charge on any atom is -0.237 e. The van der Waals surface area contributed by atoms with Crippen LogP contribution >= 0.6 is 15.9 Å². The quantitative estimate of drug-likeness (QED) is 0.686. The highest BCUT2D eigenvalue weighted by Gasteiger charge is 2.28. The van der Waals surface area contributed by atoms with Crippen molar-refractivity contribution in [3.8, 4) is 5.69 Å². The van der Waals surface area contributed by atoms with E-state index < -0.39 is 0 Å². The number of fused-ring (bicyclic) bond motifs is 1. The average molecular weight is 359 g/mol. The summed E-state index contributed by atoms with van der Waals surface area (Å²) in [6, 6.07) is 8.63. The van der Waals surface area contributed by atoms with Gasteiger partial charge in [-0.1, -0.05) is 35.2 Å². The molecule has 1 saturated carbocycles. The summed E-state index contributed by atoms with van der Waals surface area (Å²) in [6.07, 6.45) is 11.9. The van der Waals surface area contributed by atoms with Gasteiger partial charge in [-0.3, -0.25) is 0 Å². The van der Waals surface area contributed by atoms with Crippen molar-refractivity contribution in [2.45, 2.75) is 63.7 Å². The average Bonchev–Trinajstić information content (AvgIpc) is 2.96. The summed E-state index contributed by atoms with van der Waals surface area (Å²) in [7, 11) is 0. The molecule has 4 rings (SSSR count). The maximum Gasteiger partial charge on any atom is 0.0664 e. The van der Waals surface area contributed by atoms with Gasteiger partial charge in [0.25, 0.3) is 0 Å². The first-order chi connectivity index (χ1) is 10.8. The van der Waals surface area contributed by atoms with Gasteiger partial charge >= 0.3 is 0 Å². The summed E-state index contributed by atoms with van der Waals surface area (Å²) in [5.74, 6) is 0.715. The third-order valence-corrected chi connectivity index (χ3v) is 5.79. The zero-order valence-electron chi connectivity index (χ0n) is 13.0. The molecule has 0 unspecified atom stereocenters. The Balaban J connectivity index is 1.82. The van der Waals surface area contributed by atoms with Crippen LogP contribution in [-0.4, -0.2) is 9.78 Å². The van der Waals surface area contributed by atoms with Gasteiger partial charge in [0.15, 0.2) is 0 Å². The van der Waals surface area contributed by atoms with Gasteiger partial charge in [0.2, 0.25) is 0 Å². The summed E-state index contributed by atoms with van der Waals surface area (Å²) in [6.45, 7) is 0. The lowest BCUT2D eigenvalue weighted by molar-refractivity contribution is 0.427. The first-order valence-electron chi connectivity index (χ1n) is 8.69. The Bertz CT molecular complexity index is 651. The fourth-order valence-corrected chi connectivity index (χ4v) is 4.42. The summed E-state index contributed by atoms with van der Waals surface area (Å²) in [5, 5.41) is 5.03. The molecule has 0 N–H and O–H groups in total. The minimum absolute atomic E-state index is 0.715. The third-order valence-electron chi connectivity index (χ3n) is 5.26. The van der Waals surface area contributed by atoms with Gasteiger partial charge in [-0.25, -0.2) is 4.68 Å². The molecule has 1 aromatic carbocycles. The zero-order chi connectivity index (χ0) is 14.9. The number of halogens is 1. The smallest absolute Gasteiger partial charge is 0.0664 e. The fourth-order valence-electron chi connectivity index (χ4n) is 4.15. The van der Waals surface area contributed by atoms with E-state index in [1.54, 1.807) is 5.56 Å². The predicted octanol–water partition coefficient (Wildman–Crippen LogP) is 5.56. The molecule has 1 heterocycles. The lowest BCUT2D eigenvalue weighted by Crippen LogP contribution is -2.13. The van der Waals surface area contributed by atoms with E-state index in [-0.39, 0.29) is 0 Å². The summed E-state index contributed by atoms with van der Waals surface area (Å²) < 4.78 is 3.41. The molecule has 0 aliphatic heterocycles. The van der Waals surface area contributed by atoms with Crippen LogP contribution in [-0.2, 0) is 12.8 Å². The molecule has 0 radical (unpaired) electrons. The molecule has 0 spiro atoms. The number of aromatic nitrogens is 2. The monoisotopic (exact) mass is 358 g/mol. The number of benzene rings is 1. The molecule has 2 aromatic rings. The highest BCUT2D eigenvalue weighted by Crippen LogP contribution is 2.38. The van der Waals surface area contributed by atoms with Crippen LogP contribution in [0.5, 0.6) is 0 Å². The normalized spacial score (nSPS) is 19.1. The predicted molar refractivity (Wildman–Crippen MR) is 93.7 cm³/mol. The van der Waals surface area contributed by atoms with Gasteiger partial charge in [0.05, 0.1) is 17.1 Å². The largest absolute Gasteiger partial charge is 0.237 e. The second-order valence-electron chi connectivity index (χ2n) is 6.74. The highest BCUT2D eigenvalue weighted by atomic mass is 79.9. The first-order valence-corrected chi connectivity index (χ1v) is 9.49. The Morgan fingerprint density at radius 3 is 2.41 bits per heavy atom. The van der Waals surface area contributed by atoms with Crippen molar-refractivity contribution in [1.29, 1.82) is 0 Å². The lowest BCUT2D eigenvalue weighted by atomic mass is 9.83. The van der Waals surface area contributed by atoms with Gasteiger partial charge < -0.3 is 0 Å². The van der Waals surface area contributed by atoms with Crippen LogP contribution < -0.4 is 0 Å². The molecule has 0 saturated heterocycles. The molecule has 1 fully saturated rings. The SMILES string of the molecule is Brc1ccc(-n2nc3c(c2C2CCCCC2)CCCC3)cc1. The third kappa shape index (κ3) is 2.64. The number of nitrogens with zero attached hydrogens (tertiary/aromatic N) is 2. The Labute approximate surface area is 141 Å². The van der Waals surface area contributed by atoms with Crippen molar-refractivity contribution in [2.75, 3.05) is 0 Å². The molecule has 0 amide bonds. The molecule has 2 aliphatic carbocycles. The van der Waals surface area contributed by atoms with Gasteiger partial charge in [-0.05, 0) is 68.4 Å². The maximum atomic E-state index is 5.03. The Morgan fingerprint density at radius 2 is 1.64 bits per heavy atom. The lowest BCUT2D eigenvalue weighted by Gasteiger charge is -2.24. The summed E-state index contributed by atoms with van der Waals surface area (Å²) >= 11 is 3.54. The number of rotatable bonds is 2. The van der Waals surface area contributed by atoms with Crippen LogP contribution in [0.1, 0.15) is 67.8 Å². The van der Waals surface area contributed by atoms with E-state index in [0.717, 1.165) is 4.47 Å². The van der Waals surface area contributed by atoms with E-state index >= 15 is 0 Å². The van der Waals surface area contributed by atoms with Gasteiger partial charge in [0, 0.05) is 10.4 Å². The van der Waals surface area contributed by atoms with Crippen molar-refractivity contribution in [1.82, 2.24) is 9.78 Å². The number of hydrogen-bond acceptors (Lipinski definition) is 1. The Morgan fingerprint density at radius 1 is 0.909 bits per heavy atom. The molecule has 0 atom stereocenters. The molecule has 2 nitrogen and oxygen atoms in total. The zero-order valence-corrected chi connectivity index (χ0v) is 14.6. The minimum atomic E-state index is 0.715. The van der Waals surface area contributed by atoms with E-state index in [1.807, 2.05) is 0 Å². The van der Waals surface area contributed by atoms with E-state index in [1.165, 1.54) is 74.9 Å². The van der Waals surface area contributed by atoms with Crippen LogP contribution in [0.4, 0.5) is 0 Å². The molecule has 1 aromatic heterocycles. The van der Waals surface area contributed by atoms with Crippen LogP contribution in [0.2, 0.25) is 0 Å². The molecule has 22 heavy (non-hydrogen) atoms. The number of aryl methyl sites for hydroxylation is 1. The molecule has 2 aliphatic rings. The fraction of sp³-hybridized carbons (Fsp3) is 0.526. The highest BCUT2D eigenvalue weighted by molar-refractivity contribution is 9.10. The van der Waals surface area contributed by atoms with E-state index in [0.29, 0.717) is 5.92 Å². The van der Waals surface area contributed by atoms with Gasteiger partial charge in [0.1, 0.15) is 0 Å². The second-order valence-corrected chi connectivity index (χ2v) is 7.66. The van der Waals surface area contributed by atoms with Crippen LogP contribution in [0.25, 0.3) is 5.69 Å². The topological polar surface area (TPSA) is 17.8 Å². The van der Waals surface area contributed by atoms with Crippen LogP contribution in [0.3, 0.4) is 0 Å². The van der Waals surface area contributed by atoms with Crippen molar-refractivity contribution in [3.05, 3.63) is 45.7 Å². The Hall–Kier alpha value is -1.09. The van der Waals surface area contributed by atoms with Gasteiger partial charge in [-0.2, -0.15) is 5.10 Å². The van der Waals surface area contributed by atoms with Crippen LogP contribution in [0.15, 0.2) is 28.7 Å². The molecule has 116 valence electrons. The van der Waals surface area contributed by atoms with Crippen molar-refractivity contribution < 1.29 is 0 Å². The molecular formula is C19H23BrN2. The standard InChI is InChI=1S/C19H23BrN2/c20-15-10-12-16(13-11-15)22-19(14-6-2-1-3-7-14)17-8-4-5-9-18(17)21-22/h10-14H,1-9H2. The van der Waals surface area contributed by atoms with E-state index in [2.05, 4.69) is 44.9 Å². The second kappa shape index (κ2) is 6.19. The van der Waals surface area contributed by atoms with Crippen molar-refractivity contribution in [2.24, 2.45) is 0 Å².